The first kappa shape index (κ1) is 17.0. The van der Waals surface area contributed by atoms with Crippen LogP contribution in [0.25, 0.3) is 0 Å². The van der Waals surface area contributed by atoms with Gasteiger partial charge in [-0.1, -0.05) is 24.3 Å². The number of likely N-dealkylation sites (N-methyl/N-ethyl adjacent to an activating group) is 1. The van der Waals surface area contributed by atoms with Gasteiger partial charge in [-0.25, -0.2) is 0 Å². The summed E-state index contributed by atoms with van der Waals surface area (Å²) in [5, 5.41) is 2.96. The maximum absolute atomic E-state index is 12.8. The minimum absolute atomic E-state index is 0.0706. The molecule has 1 spiro atoms. The van der Waals surface area contributed by atoms with Crippen LogP contribution in [0.15, 0.2) is 24.3 Å². The third-order valence-electron chi connectivity index (χ3n) is 5.69. The van der Waals surface area contributed by atoms with Gasteiger partial charge in [0.2, 0.25) is 11.8 Å². The van der Waals surface area contributed by atoms with E-state index in [-0.39, 0.29) is 17.4 Å². The molecule has 5 heteroatoms. The van der Waals surface area contributed by atoms with Crippen molar-refractivity contribution in [1.29, 1.82) is 0 Å². The van der Waals surface area contributed by atoms with Crippen LogP contribution in [0.4, 0.5) is 0 Å². The van der Waals surface area contributed by atoms with Crippen LogP contribution < -0.4 is 5.32 Å². The van der Waals surface area contributed by atoms with Crippen LogP contribution in [0, 0.1) is 6.92 Å². The number of amides is 2. The van der Waals surface area contributed by atoms with Crippen LogP contribution >= 0.6 is 0 Å². The molecule has 2 aliphatic heterocycles. The van der Waals surface area contributed by atoms with Crippen molar-refractivity contribution in [3.05, 3.63) is 35.4 Å². The molecule has 0 radical (unpaired) electrons. The molecule has 0 bridgehead atoms. The van der Waals surface area contributed by atoms with Crippen molar-refractivity contribution >= 4 is 11.8 Å². The average molecular weight is 329 g/mol. The second-order valence-electron chi connectivity index (χ2n) is 7.16. The molecule has 2 aliphatic rings. The van der Waals surface area contributed by atoms with E-state index in [2.05, 4.69) is 30.3 Å². The first-order valence-electron chi connectivity index (χ1n) is 8.80. The molecular formula is C19H27N3O2. The van der Waals surface area contributed by atoms with Gasteiger partial charge in [0.1, 0.15) is 0 Å². The van der Waals surface area contributed by atoms with Gasteiger partial charge >= 0.3 is 0 Å². The highest BCUT2D eigenvalue weighted by atomic mass is 16.2. The number of carbonyl (C=O) groups excluding carboxylic acids is 2. The fourth-order valence-corrected chi connectivity index (χ4v) is 3.89. The van der Waals surface area contributed by atoms with E-state index >= 15 is 0 Å². The summed E-state index contributed by atoms with van der Waals surface area (Å²) in [6, 6.07) is 8.08. The third-order valence-corrected chi connectivity index (χ3v) is 5.69. The Morgan fingerprint density at radius 1 is 1.25 bits per heavy atom. The van der Waals surface area contributed by atoms with E-state index in [4.69, 9.17) is 0 Å². The second-order valence-corrected chi connectivity index (χ2v) is 7.16. The van der Waals surface area contributed by atoms with Gasteiger partial charge in [-0.05, 0) is 37.9 Å². The molecule has 1 aromatic carbocycles. The van der Waals surface area contributed by atoms with E-state index in [0.717, 1.165) is 38.0 Å². The molecule has 0 saturated carbocycles. The Bertz CT molecular complexity index is 631. The lowest BCUT2D eigenvalue weighted by atomic mass is 9.86. The fraction of sp³-hybridized carbons (Fsp3) is 0.579. The number of carbonyl (C=O) groups is 2. The normalized spacial score (nSPS) is 25.4. The van der Waals surface area contributed by atoms with E-state index in [9.17, 15) is 9.59 Å². The molecule has 0 aliphatic carbocycles. The van der Waals surface area contributed by atoms with Gasteiger partial charge in [0.25, 0.3) is 0 Å². The molecule has 5 nitrogen and oxygen atoms in total. The van der Waals surface area contributed by atoms with Crippen molar-refractivity contribution in [3.63, 3.8) is 0 Å². The largest absolute Gasteiger partial charge is 0.356 e. The highest BCUT2D eigenvalue weighted by Gasteiger charge is 2.41. The van der Waals surface area contributed by atoms with Crippen molar-refractivity contribution < 1.29 is 9.59 Å². The van der Waals surface area contributed by atoms with E-state index in [1.807, 2.05) is 23.1 Å². The lowest BCUT2D eigenvalue weighted by Crippen LogP contribution is -2.62. The quantitative estimate of drug-likeness (QED) is 0.891. The monoisotopic (exact) mass is 329 g/mol. The number of benzene rings is 1. The first-order chi connectivity index (χ1) is 11.5. The molecule has 24 heavy (non-hydrogen) atoms. The molecule has 1 unspecified atom stereocenters. The van der Waals surface area contributed by atoms with Crippen molar-refractivity contribution in [2.75, 3.05) is 33.2 Å². The molecule has 130 valence electrons. The SMILES string of the molecule is Cc1ccccc1CC(=O)N1CCN(C)C2(CCNC(=O)CC2)C1. The fourth-order valence-electron chi connectivity index (χ4n) is 3.89. The Hall–Kier alpha value is -1.88. The van der Waals surface area contributed by atoms with Gasteiger partial charge in [0, 0.05) is 38.1 Å². The summed E-state index contributed by atoms with van der Waals surface area (Å²) >= 11 is 0. The summed E-state index contributed by atoms with van der Waals surface area (Å²) in [6.45, 7) is 5.11. The van der Waals surface area contributed by atoms with E-state index in [0.29, 0.717) is 19.4 Å². The highest BCUT2D eigenvalue weighted by molar-refractivity contribution is 5.79. The van der Waals surface area contributed by atoms with E-state index in [1.54, 1.807) is 0 Å². The first-order valence-corrected chi connectivity index (χ1v) is 8.80. The Morgan fingerprint density at radius 2 is 2.04 bits per heavy atom. The van der Waals surface area contributed by atoms with Gasteiger partial charge in [-0.3, -0.25) is 14.5 Å². The van der Waals surface area contributed by atoms with Crippen LogP contribution in [-0.2, 0) is 16.0 Å². The summed E-state index contributed by atoms with van der Waals surface area (Å²) < 4.78 is 0. The third kappa shape index (κ3) is 3.46. The molecule has 1 atom stereocenters. The number of aryl methyl sites for hydroxylation is 1. The summed E-state index contributed by atoms with van der Waals surface area (Å²) in [7, 11) is 2.12. The summed E-state index contributed by atoms with van der Waals surface area (Å²) in [6.07, 6.45) is 2.74. The molecule has 2 heterocycles. The molecular weight excluding hydrogens is 302 g/mol. The van der Waals surface area contributed by atoms with Crippen molar-refractivity contribution in [1.82, 2.24) is 15.1 Å². The van der Waals surface area contributed by atoms with Gasteiger partial charge in [-0.15, -0.1) is 0 Å². The Balaban J connectivity index is 1.71. The van der Waals surface area contributed by atoms with E-state index < -0.39 is 0 Å². The van der Waals surface area contributed by atoms with Gasteiger partial charge < -0.3 is 10.2 Å². The summed E-state index contributed by atoms with van der Waals surface area (Å²) in [5.74, 6) is 0.323. The molecule has 2 amide bonds. The average Bonchev–Trinajstić information content (AvgIpc) is 2.75. The minimum Gasteiger partial charge on any atom is -0.356 e. The number of rotatable bonds is 2. The Kier molecular flexibility index (Phi) is 4.90. The van der Waals surface area contributed by atoms with Gasteiger partial charge in [-0.2, -0.15) is 0 Å². The number of piperazine rings is 1. The van der Waals surface area contributed by atoms with Crippen LogP contribution in [0.5, 0.6) is 0 Å². The molecule has 1 N–H and O–H groups in total. The number of nitrogens with zero attached hydrogens (tertiary/aromatic N) is 2. The second kappa shape index (κ2) is 6.93. The number of hydrogen-bond donors (Lipinski definition) is 1. The topological polar surface area (TPSA) is 52.7 Å². The van der Waals surface area contributed by atoms with Crippen molar-refractivity contribution in [2.45, 2.75) is 38.1 Å². The maximum Gasteiger partial charge on any atom is 0.227 e. The van der Waals surface area contributed by atoms with Gasteiger partial charge in [0.15, 0.2) is 0 Å². The predicted molar refractivity (Wildman–Crippen MR) is 93.7 cm³/mol. The standard InChI is InChI=1S/C19H27N3O2/c1-15-5-3-4-6-16(15)13-18(24)22-12-11-21(2)19(14-22)8-7-17(23)20-10-9-19/h3-6H,7-14H2,1-2H3,(H,20,23). The smallest absolute Gasteiger partial charge is 0.227 e. The molecule has 1 aromatic rings. The van der Waals surface area contributed by atoms with Crippen LogP contribution in [-0.4, -0.2) is 60.4 Å². The lowest BCUT2D eigenvalue weighted by molar-refractivity contribution is -0.136. The maximum atomic E-state index is 12.8. The van der Waals surface area contributed by atoms with Crippen LogP contribution in [0.3, 0.4) is 0 Å². The zero-order valence-electron chi connectivity index (χ0n) is 14.7. The van der Waals surface area contributed by atoms with Crippen molar-refractivity contribution in [3.8, 4) is 0 Å². The summed E-state index contributed by atoms with van der Waals surface area (Å²) in [5.41, 5.74) is 2.20. The minimum atomic E-state index is -0.0706. The van der Waals surface area contributed by atoms with Crippen molar-refractivity contribution in [2.24, 2.45) is 0 Å². The number of nitrogens with one attached hydrogen (secondary N) is 1. The predicted octanol–water partition coefficient (Wildman–Crippen LogP) is 1.35. The molecule has 2 fully saturated rings. The van der Waals surface area contributed by atoms with Crippen LogP contribution in [0.1, 0.15) is 30.4 Å². The Morgan fingerprint density at radius 3 is 2.83 bits per heavy atom. The van der Waals surface area contributed by atoms with Gasteiger partial charge in [0.05, 0.1) is 6.42 Å². The zero-order valence-corrected chi connectivity index (χ0v) is 14.7. The molecule has 3 rings (SSSR count). The van der Waals surface area contributed by atoms with E-state index in [1.165, 1.54) is 5.56 Å². The zero-order chi connectivity index (χ0) is 17.2. The lowest BCUT2D eigenvalue weighted by Gasteiger charge is -2.49. The van der Waals surface area contributed by atoms with Crippen LogP contribution in [0.2, 0.25) is 0 Å². The number of hydrogen-bond acceptors (Lipinski definition) is 3. The molecule has 2 saturated heterocycles. The Labute approximate surface area is 144 Å². The molecule has 0 aromatic heterocycles. The summed E-state index contributed by atoms with van der Waals surface area (Å²) in [4.78, 5) is 28.9. The highest BCUT2D eigenvalue weighted by Crippen LogP contribution is 2.30.